The van der Waals surface area contributed by atoms with E-state index in [1.165, 1.54) is 44.3 Å². The summed E-state index contributed by atoms with van der Waals surface area (Å²) >= 11 is 0. The Morgan fingerprint density at radius 1 is 1.26 bits per heavy atom. The minimum atomic E-state index is 0.210. The van der Waals surface area contributed by atoms with Crippen molar-refractivity contribution in [2.24, 2.45) is 23.5 Å². The van der Waals surface area contributed by atoms with Gasteiger partial charge in [-0.05, 0) is 63.2 Å². The van der Waals surface area contributed by atoms with E-state index < -0.39 is 0 Å². The van der Waals surface area contributed by atoms with E-state index in [1.807, 2.05) is 6.20 Å². The van der Waals surface area contributed by atoms with Crippen LogP contribution in [0, 0.1) is 17.8 Å². The third kappa shape index (κ3) is 1.85. The van der Waals surface area contributed by atoms with Crippen LogP contribution >= 0.6 is 0 Å². The second kappa shape index (κ2) is 4.08. The van der Waals surface area contributed by atoms with Gasteiger partial charge < -0.3 is 10.3 Å². The molecule has 1 heterocycles. The number of aromatic nitrogens is 2. The molecular formula is C16H25N3. The van der Waals surface area contributed by atoms with Gasteiger partial charge in [-0.15, -0.1) is 0 Å². The molecule has 19 heavy (non-hydrogen) atoms. The summed E-state index contributed by atoms with van der Waals surface area (Å²) in [4.78, 5) is 4.77. The normalized spacial score (nSPS) is 41.7. The lowest BCUT2D eigenvalue weighted by Gasteiger charge is -2.56. The molecule has 1 aromatic rings. The summed E-state index contributed by atoms with van der Waals surface area (Å²) < 4.78 is 2.35. The van der Waals surface area contributed by atoms with Gasteiger partial charge in [-0.2, -0.15) is 0 Å². The Labute approximate surface area is 115 Å². The van der Waals surface area contributed by atoms with Gasteiger partial charge in [0.05, 0.1) is 0 Å². The van der Waals surface area contributed by atoms with Gasteiger partial charge in [0.15, 0.2) is 0 Å². The Hall–Kier alpha value is -0.830. The molecule has 1 aromatic heterocycles. The van der Waals surface area contributed by atoms with Gasteiger partial charge >= 0.3 is 0 Å². The van der Waals surface area contributed by atoms with Crippen LogP contribution in [0.1, 0.15) is 51.3 Å². The molecule has 3 heteroatoms. The van der Waals surface area contributed by atoms with Crippen LogP contribution in [0.25, 0.3) is 0 Å². The van der Waals surface area contributed by atoms with Crippen molar-refractivity contribution in [3.05, 3.63) is 18.2 Å². The lowest BCUT2D eigenvalue weighted by molar-refractivity contribution is -0.0110. The minimum absolute atomic E-state index is 0.210. The molecule has 104 valence electrons. The SMILES string of the molecule is CC(N)Cn1ccnc1C12CC3CC(CC(C3)C1)C2. The monoisotopic (exact) mass is 259 g/mol. The largest absolute Gasteiger partial charge is 0.333 e. The second-order valence-electron chi connectivity index (χ2n) is 7.58. The van der Waals surface area contributed by atoms with Crippen LogP contribution in [-0.2, 0) is 12.0 Å². The maximum atomic E-state index is 6.00. The van der Waals surface area contributed by atoms with Crippen molar-refractivity contribution in [3.63, 3.8) is 0 Å². The quantitative estimate of drug-likeness (QED) is 0.907. The molecule has 1 unspecified atom stereocenters. The van der Waals surface area contributed by atoms with Crippen LogP contribution in [0.4, 0.5) is 0 Å². The molecule has 0 radical (unpaired) electrons. The van der Waals surface area contributed by atoms with E-state index >= 15 is 0 Å². The zero-order valence-corrected chi connectivity index (χ0v) is 11.9. The Bertz CT molecular complexity index is 439. The highest BCUT2D eigenvalue weighted by Gasteiger charge is 2.53. The minimum Gasteiger partial charge on any atom is -0.333 e. The summed E-state index contributed by atoms with van der Waals surface area (Å²) in [5, 5.41) is 0. The van der Waals surface area contributed by atoms with Gasteiger partial charge in [-0.25, -0.2) is 4.98 Å². The molecule has 0 saturated heterocycles. The molecule has 1 atom stereocenters. The molecular weight excluding hydrogens is 234 g/mol. The molecule has 4 aliphatic carbocycles. The second-order valence-corrected chi connectivity index (χ2v) is 7.58. The number of hydrogen-bond donors (Lipinski definition) is 1. The summed E-state index contributed by atoms with van der Waals surface area (Å²) in [6.45, 7) is 3.00. The van der Waals surface area contributed by atoms with Gasteiger partial charge in [0.2, 0.25) is 0 Å². The van der Waals surface area contributed by atoms with Gasteiger partial charge in [-0.3, -0.25) is 0 Å². The van der Waals surface area contributed by atoms with E-state index in [9.17, 15) is 0 Å². The van der Waals surface area contributed by atoms with Crippen molar-refractivity contribution < 1.29 is 0 Å². The van der Waals surface area contributed by atoms with Crippen LogP contribution in [0.15, 0.2) is 12.4 Å². The average molecular weight is 259 g/mol. The van der Waals surface area contributed by atoms with Crippen molar-refractivity contribution >= 4 is 0 Å². The van der Waals surface area contributed by atoms with Crippen LogP contribution in [-0.4, -0.2) is 15.6 Å². The van der Waals surface area contributed by atoms with Crippen LogP contribution in [0.2, 0.25) is 0 Å². The number of hydrogen-bond acceptors (Lipinski definition) is 2. The average Bonchev–Trinajstić information content (AvgIpc) is 2.74. The molecule has 0 amide bonds. The molecule has 4 fully saturated rings. The van der Waals surface area contributed by atoms with Crippen molar-refractivity contribution in [1.82, 2.24) is 9.55 Å². The maximum absolute atomic E-state index is 6.00. The highest BCUT2D eigenvalue weighted by molar-refractivity contribution is 5.18. The predicted molar refractivity (Wildman–Crippen MR) is 75.7 cm³/mol. The number of imidazole rings is 1. The molecule has 0 aromatic carbocycles. The van der Waals surface area contributed by atoms with Crippen LogP contribution < -0.4 is 5.73 Å². The first-order chi connectivity index (χ1) is 9.14. The van der Waals surface area contributed by atoms with Crippen molar-refractivity contribution in [1.29, 1.82) is 0 Å². The Morgan fingerprint density at radius 3 is 2.37 bits per heavy atom. The van der Waals surface area contributed by atoms with E-state index in [0.29, 0.717) is 5.41 Å². The first-order valence-corrected chi connectivity index (χ1v) is 7.92. The number of rotatable bonds is 3. The molecule has 4 saturated carbocycles. The summed E-state index contributed by atoms with van der Waals surface area (Å²) in [7, 11) is 0. The molecule has 5 rings (SSSR count). The molecule has 0 spiro atoms. The highest BCUT2D eigenvalue weighted by atomic mass is 15.1. The predicted octanol–water partition coefficient (Wildman–Crippen LogP) is 2.70. The fourth-order valence-electron chi connectivity index (χ4n) is 5.61. The van der Waals surface area contributed by atoms with Crippen molar-refractivity contribution in [3.8, 4) is 0 Å². The lowest BCUT2D eigenvalue weighted by atomic mass is 9.49. The maximum Gasteiger partial charge on any atom is 0.114 e. The van der Waals surface area contributed by atoms with E-state index in [0.717, 1.165) is 24.3 Å². The van der Waals surface area contributed by atoms with E-state index in [1.54, 1.807) is 0 Å². The first kappa shape index (κ1) is 12.0. The van der Waals surface area contributed by atoms with Gasteiger partial charge in [0.25, 0.3) is 0 Å². The molecule has 3 nitrogen and oxygen atoms in total. The fourth-order valence-corrected chi connectivity index (χ4v) is 5.61. The lowest BCUT2D eigenvalue weighted by Crippen LogP contribution is -2.50. The van der Waals surface area contributed by atoms with Crippen molar-refractivity contribution in [2.75, 3.05) is 0 Å². The zero-order chi connectivity index (χ0) is 13.0. The van der Waals surface area contributed by atoms with Crippen LogP contribution in [0.5, 0.6) is 0 Å². The summed E-state index contributed by atoms with van der Waals surface area (Å²) in [6, 6.07) is 0.210. The van der Waals surface area contributed by atoms with E-state index in [2.05, 4.69) is 17.7 Å². The Kier molecular flexibility index (Phi) is 2.57. The van der Waals surface area contributed by atoms with Gasteiger partial charge in [0, 0.05) is 30.4 Å². The Morgan fingerprint density at radius 2 is 1.84 bits per heavy atom. The molecule has 0 aliphatic heterocycles. The fraction of sp³-hybridized carbons (Fsp3) is 0.812. The number of nitrogens with zero attached hydrogens (tertiary/aromatic N) is 2. The number of nitrogens with two attached hydrogens (primary N) is 1. The van der Waals surface area contributed by atoms with Gasteiger partial charge in [-0.1, -0.05) is 0 Å². The zero-order valence-electron chi connectivity index (χ0n) is 11.9. The standard InChI is InChI=1S/C16H25N3/c1-11(17)10-19-3-2-18-15(19)16-7-12-4-13(8-16)6-14(5-12)9-16/h2-3,11-14H,4-10,17H2,1H3. The smallest absolute Gasteiger partial charge is 0.114 e. The summed E-state index contributed by atoms with van der Waals surface area (Å²) in [5.41, 5.74) is 6.39. The molecule has 4 bridgehead atoms. The summed E-state index contributed by atoms with van der Waals surface area (Å²) in [6.07, 6.45) is 12.8. The highest BCUT2D eigenvalue weighted by Crippen LogP contribution is 2.60. The van der Waals surface area contributed by atoms with Crippen LogP contribution in [0.3, 0.4) is 0 Å². The van der Waals surface area contributed by atoms with Gasteiger partial charge in [0.1, 0.15) is 5.82 Å². The third-order valence-electron chi connectivity index (χ3n) is 5.71. The topological polar surface area (TPSA) is 43.8 Å². The van der Waals surface area contributed by atoms with E-state index in [-0.39, 0.29) is 6.04 Å². The van der Waals surface area contributed by atoms with Crippen molar-refractivity contribution in [2.45, 2.75) is 63.5 Å². The van der Waals surface area contributed by atoms with E-state index in [4.69, 9.17) is 10.7 Å². The summed E-state index contributed by atoms with van der Waals surface area (Å²) in [5.74, 6) is 4.29. The third-order valence-corrected chi connectivity index (χ3v) is 5.71. The first-order valence-electron chi connectivity index (χ1n) is 7.92. The molecule has 2 N–H and O–H groups in total. The molecule has 4 aliphatic rings. The Balaban J connectivity index is 1.70.